The zero-order valence-electron chi connectivity index (χ0n) is 81.2. The van der Waals surface area contributed by atoms with E-state index >= 15 is 0 Å². The predicted molar refractivity (Wildman–Crippen MR) is 593 cm³/mol. The Kier molecular flexibility index (Phi) is 21.9. The van der Waals surface area contributed by atoms with E-state index in [9.17, 15) is 0 Å². The van der Waals surface area contributed by atoms with E-state index in [1.807, 2.05) is 0 Å². The summed E-state index contributed by atoms with van der Waals surface area (Å²) in [6.45, 7) is 27.2. The Morgan fingerprint density at radius 2 is 0.414 bits per heavy atom. The van der Waals surface area contributed by atoms with Crippen LogP contribution >= 0.6 is 0 Å². The highest BCUT2D eigenvalue weighted by Crippen LogP contribution is 2.59. The fraction of sp³-hybridized carbons (Fsp3) is 0.118. The molecular weight excluding hydrogens is 1700 g/mol. The quantitative estimate of drug-likeness (QED) is 0.109. The number of hydrogen-bond donors (Lipinski definition) is 0. The van der Waals surface area contributed by atoms with Crippen molar-refractivity contribution in [3.8, 4) is 157 Å². The molecule has 0 unspecified atom stereocenters. The number of benzene rings is 20. The zero-order chi connectivity index (χ0) is 95.5. The minimum Gasteiger partial charge on any atom is -0.455 e. The average Bonchev–Trinajstić information content (AvgIpc) is 1.53. The Hall–Kier alpha value is -16.4. The van der Waals surface area contributed by atoms with Gasteiger partial charge in [-0.15, -0.1) is 0 Å². The van der Waals surface area contributed by atoms with Crippen molar-refractivity contribution < 1.29 is 17.7 Å². The highest BCUT2D eigenvalue weighted by atomic mass is 16.4. The predicted octanol–water partition coefficient (Wildman–Crippen LogP) is 39.5. The molecule has 140 heavy (non-hydrogen) atoms. The first kappa shape index (κ1) is 87.6. The molecule has 4 nitrogen and oxygen atoms in total. The van der Waals surface area contributed by atoms with Gasteiger partial charge in [-0.1, -0.05) is 483 Å². The molecule has 0 fully saturated rings. The van der Waals surface area contributed by atoms with Crippen molar-refractivity contribution in [2.75, 3.05) is 0 Å². The highest BCUT2D eigenvalue weighted by molar-refractivity contribution is 6.28. The summed E-state index contributed by atoms with van der Waals surface area (Å²) in [6, 6.07) is 159. The van der Waals surface area contributed by atoms with Crippen LogP contribution in [-0.2, 0) is 21.7 Å². The van der Waals surface area contributed by atoms with Crippen LogP contribution in [0.4, 0.5) is 0 Å². The third kappa shape index (κ3) is 16.3. The first-order chi connectivity index (χ1) is 67.9. The number of fused-ring (bicyclic) bond motifs is 8. The van der Waals surface area contributed by atoms with Crippen molar-refractivity contribution in [2.45, 2.75) is 105 Å². The van der Waals surface area contributed by atoms with Crippen LogP contribution < -0.4 is 0 Å². The molecule has 0 aliphatic rings. The summed E-state index contributed by atoms with van der Waals surface area (Å²) in [5.41, 5.74) is 34.1. The molecule has 4 heterocycles. The molecule has 20 aromatic carbocycles. The minimum absolute atomic E-state index is 0.0399. The van der Waals surface area contributed by atoms with Crippen LogP contribution in [0.15, 0.2) is 454 Å². The fourth-order valence-corrected chi connectivity index (χ4v) is 20.8. The summed E-state index contributed by atoms with van der Waals surface area (Å²) in [5, 5.41) is 13.7. The summed E-state index contributed by atoms with van der Waals surface area (Å²) < 4.78 is 30.0. The molecule has 0 radical (unpaired) electrons. The molecule has 24 rings (SSSR count). The largest absolute Gasteiger partial charge is 0.455 e. The van der Waals surface area contributed by atoms with E-state index in [-0.39, 0.29) is 21.7 Å². The van der Waals surface area contributed by atoms with E-state index in [4.69, 9.17) is 17.7 Å². The van der Waals surface area contributed by atoms with Crippen LogP contribution in [0.2, 0.25) is 0 Å². The molecule has 0 saturated carbocycles. The van der Waals surface area contributed by atoms with Crippen molar-refractivity contribution in [3.63, 3.8) is 0 Å². The lowest BCUT2D eigenvalue weighted by Gasteiger charge is -2.19. The first-order valence-electron chi connectivity index (χ1n) is 49.0. The number of furan rings is 4. The standard InChI is InChI=1S/C80H62O2.C56H46O2/c1-79(2,3)65-44-40-56(41-45-65)69-73-71(62-30-17-28-60(48-62)51-20-9-7-10-21-51)78-74(70(57-42-46-66(47-43-57)80(4,5)6)76(82-78)64-39-34-53-24-13-14-26-59(53)50-64)72(63-31-18-29-61(49-63)52-22-11-8-12-23-52)77(73)81-75(69)58-37-35-55(36-38-58)68-33-19-27-54-25-15-16-32-67(54)68;1-55(2,3)43-28-24-38(25-29-43)51-47-33-50-48(34-49(47)57-53(51)40-21-19-37(20-22-40)46-17-11-15-36-13-9-10-16-45(36)46)52(39-26-30-44(31-27-39)56(4,5)6)54(58-50)42-23-18-35-12-7-8-14-41(35)32-42/h7-50H,1-6H3;7-34H,1-6H3. The van der Waals surface area contributed by atoms with E-state index in [2.05, 4.69) is 520 Å². The van der Waals surface area contributed by atoms with E-state index in [0.717, 1.165) is 189 Å². The molecule has 0 spiro atoms. The van der Waals surface area contributed by atoms with Crippen molar-refractivity contribution in [2.24, 2.45) is 0 Å². The van der Waals surface area contributed by atoms with Gasteiger partial charge in [0.15, 0.2) is 0 Å². The molecule has 0 amide bonds. The molecule has 24 aromatic rings. The van der Waals surface area contributed by atoms with E-state index in [1.165, 1.54) is 76.6 Å². The molecule has 0 atom stereocenters. The van der Waals surface area contributed by atoms with Gasteiger partial charge in [0.1, 0.15) is 45.4 Å². The maximum atomic E-state index is 7.95. The van der Waals surface area contributed by atoms with Crippen LogP contribution in [0, 0.1) is 0 Å². The van der Waals surface area contributed by atoms with E-state index < -0.39 is 0 Å². The van der Waals surface area contributed by atoms with Gasteiger partial charge in [0.05, 0.1) is 0 Å². The summed E-state index contributed by atoms with van der Waals surface area (Å²) >= 11 is 0. The van der Waals surface area contributed by atoms with Gasteiger partial charge in [0.25, 0.3) is 0 Å². The van der Waals surface area contributed by atoms with E-state index in [1.54, 1.807) is 0 Å². The molecule has 0 aliphatic carbocycles. The Balaban J connectivity index is 0.000000166. The lowest BCUT2D eigenvalue weighted by Crippen LogP contribution is -2.10. The molecule has 0 bridgehead atoms. The lowest BCUT2D eigenvalue weighted by atomic mass is 9.83. The Bertz CT molecular complexity index is 8760. The fourth-order valence-electron chi connectivity index (χ4n) is 20.8. The minimum atomic E-state index is -0.0573. The molecule has 0 aliphatic heterocycles. The van der Waals surface area contributed by atoms with Crippen LogP contribution in [0.1, 0.15) is 105 Å². The third-order valence-electron chi connectivity index (χ3n) is 28.5. The van der Waals surface area contributed by atoms with Crippen molar-refractivity contribution >= 4 is 87.0 Å². The second kappa shape index (κ2) is 35.0. The van der Waals surface area contributed by atoms with Gasteiger partial charge in [-0.25, -0.2) is 0 Å². The van der Waals surface area contributed by atoms with Crippen LogP contribution in [0.5, 0.6) is 0 Å². The summed E-state index contributed by atoms with van der Waals surface area (Å²) in [4.78, 5) is 0. The SMILES string of the molecule is CC(C)(C)c1ccc(-c2c(-c3ccc(-c4cccc5ccccc45)cc3)oc3c(-c4cccc(-c5ccccc5)c4)c4c(-c5ccc(C(C)(C)C)cc5)c(-c5ccc6ccccc6c5)oc4c(-c4cccc(-c5ccccc5)c4)c23)cc1.CC(C)(C)c1ccc(-c2c(-c3ccc(-c4cccc5ccccc45)cc3)oc3cc4c(-c5ccc(C(C)(C)C)cc5)c(-c5ccc6ccccc6c5)oc4cc23)cc1. The Morgan fingerprint density at radius 1 is 0.150 bits per heavy atom. The lowest BCUT2D eigenvalue weighted by molar-refractivity contribution is 0.590. The second-order valence-corrected chi connectivity index (χ2v) is 41.8. The van der Waals surface area contributed by atoms with Gasteiger partial charge in [-0.2, -0.15) is 0 Å². The second-order valence-electron chi connectivity index (χ2n) is 41.8. The van der Waals surface area contributed by atoms with E-state index in [0.29, 0.717) is 0 Å². The molecule has 0 saturated heterocycles. The zero-order valence-corrected chi connectivity index (χ0v) is 81.2. The average molecular weight is 1810 g/mol. The Labute approximate surface area is 819 Å². The van der Waals surface area contributed by atoms with Crippen LogP contribution in [0.3, 0.4) is 0 Å². The maximum absolute atomic E-state index is 7.95. The van der Waals surface area contributed by atoms with Gasteiger partial charge in [-0.3, -0.25) is 0 Å². The molecule has 4 heteroatoms. The van der Waals surface area contributed by atoms with Gasteiger partial charge in [0, 0.05) is 77.2 Å². The van der Waals surface area contributed by atoms with Crippen LogP contribution in [-0.4, -0.2) is 0 Å². The Morgan fingerprint density at radius 3 is 0.779 bits per heavy atom. The third-order valence-corrected chi connectivity index (χ3v) is 28.5. The molecule has 676 valence electrons. The monoisotopic (exact) mass is 1800 g/mol. The summed E-state index contributed by atoms with van der Waals surface area (Å²) in [5.74, 6) is 3.30. The van der Waals surface area contributed by atoms with Gasteiger partial charge in [-0.05, 0) is 201 Å². The summed E-state index contributed by atoms with van der Waals surface area (Å²) in [6.07, 6.45) is 0. The van der Waals surface area contributed by atoms with Gasteiger partial charge >= 0.3 is 0 Å². The van der Waals surface area contributed by atoms with Gasteiger partial charge < -0.3 is 17.7 Å². The topological polar surface area (TPSA) is 52.6 Å². The maximum Gasteiger partial charge on any atom is 0.144 e. The molecular formula is C136H108O4. The van der Waals surface area contributed by atoms with Gasteiger partial charge in [0.2, 0.25) is 0 Å². The summed E-state index contributed by atoms with van der Waals surface area (Å²) in [7, 11) is 0. The molecule has 0 N–H and O–H groups in total. The van der Waals surface area contributed by atoms with Crippen molar-refractivity contribution in [3.05, 3.63) is 459 Å². The highest BCUT2D eigenvalue weighted by Gasteiger charge is 2.35. The first-order valence-corrected chi connectivity index (χ1v) is 49.0. The van der Waals surface area contributed by atoms with Crippen LogP contribution in [0.25, 0.3) is 244 Å². The molecule has 4 aromatic heterocycles. The normalized spacial score (nSPS) is 12.1. The number of hydrogen-bond acceptors (Lipinski definition) is 4. The smallest absolute Gasteiger partial charge is 0.144 e. The number of rotatable bonds is 14. The van der Waals surface area contributed by atoms with Crippen molar-refractivity contribution in [1.82, 2.24) is 0 Å². The van der Waals surface area contributed by atoms with Crippen molar-refractivity contribution in [1.29, 1.82) is 0 Å².